The second-order valence-electron chi connectivity index (χ2n) is 3.25. The van der Waals surface area contributed by atoms with Crippen LogP contribution in [0.25, 0.3) is 0 Å². The Morgan fingerprint density at radius 2 is 2.13 bits per heavy atom. The van der Waals surface area contributed by atoms with Gasteiger partial charge in [0.1, 0.15) is 11.9 Å². The summed E-state index contributed by atoms with van der Waals surface area (Å²) in [6.45, 7) is 0.496. The lowest BCUT2D eigenvalue weighted by Gasteiger charge is -2.12. The first-order valence-corrected chi connectivity index (χ1v) is 5.62. The summed E-state index contributed by atoms with van der Waals surface area (Å²) in [4.78, 5) is 12.9. The first-order chi connectivity index (χ1) is 7.20. The molecule has 0 radical (unpaired) electrons. The van der Waals surface area contributed by atoms with E-state index >= 15 is 0 Å². The van der Waals surface area contributed by atoms with Gasteiger partial charge in [0.25, 0.3) is 0 Å². The average Bonchev–Trinajstić information content (AvgIpc) is 2.61. The van der Waals surface area contributed by atoms with Crippen LogP contribution in [0.1, 0.15) is 0 Å². The largest absolute Gasteiger partial charge is 0.443 e. The van der Waals surface area contributed by atoms with Crippen molar-refractivity contribution in [3.05, 3.63) is 30.1 Å². The zero-order chi connectivity index (χ0) is 10.8. The number of amides is 1. The number of hydrogen-bond acceptors (Lipinski definition) is 2. The van der Waals surface area contributed by atoms with Crippen molar-refractivity contribution in [2.45, 2.75) is 6.10 Å². The van der Waals surface area contributed by atoms with Crippen molar-refractivity contribution in [2.24, 2.45) is 0 Å². The number of cyclic esters (lactones) is 1. The summed E-state index contributed by atoms with van der Waals surface area (Å²) in [5, 5.41) is 0.608. The van der Waals surface area contributed by atoms with E-state index in [1.165, 1.54) is 17.0 Å². The Balaban J connectivity index is 2.18. The molecule has 0 aromatic heterocycles. The number of halogens is 2. The van der Waals surface area contributed by atoms with Crippen LogP contribution in [-0.4, -0.2) is 24.1 Å². The summed E-state index contributed by atoms with van der Waals surface area (Å²) >= 11 is 3.25. The van der Waals surface area contributed by atoms with Crippen LogP contribution >= 0.6 is 15.9 Å². The molecular formula is C10H9BrFNO2. The third-order valence-electron chi connectivity index (χ3n) is 2.18. The van der Waals surface area contributed by atoms with Gasteiger partial charge in [-0.15, -0.1) is 0 Å². The van der Waals surface area contributed by atoms with Crippen LogP contribution in [0.3, 0.4) is 0 Å². The van der Waals surface area contributed by atoms with Crippen molar-refractivity contribution in [1.82, 2.24) is 0 Å². The van der Waals surface area contributed by atoms with Gasteiger partial charge in [0, 0.05) is 11.0 Å². The van der Waals surface area contributed by atoms with Crippen LogP contribution < -0.4 is 4.90 Å². The molecule has 1 aliphatic rings. The standard InChI is InChI=1S/C10H9BrFNO2/c11-5-9-6-13(10(14)15-9)8-3-1-7(12)2-4-8/h1-4,9H,5-6H2/t9-/m1/s1. The van der Waals surface area contributed by atoms with Gasteiger partial charge in [-0.2, -0.15) is 0 Å². The molecule has 1 aromatic carbocycles. The molecule has 0 bridgehead atoms. The molecular weight excluding hydrogens is 265 g/mol. The lowest BCUT2D eigenvalue weighted by Crippen LogP contribution is -2.24. The van der Waals surface area contributed by atoms with E-state index in [0.29, 0.717) is 17.6 Å². The number of anilines is 1. The number of carbonyl (C=O) groups excluding carboxylic acids is 1. The van der Waals surface area contributed by atoms with Gasteiger partial charge in [0.15, 0.2) is 0 Å². The molecule has 1 heterocycles. The molecule has 15 heavy (non-hydrogen) atoms. The van der Waals surface area contributed by atoms with Crippen LogP contribution in [-0.2, 0) is 4.74 Å². The monoisotopic (exact) mass is 273 g/mol. The maximum atomic E-state index is 12.7. The topological polar surface area (TPSA) is 29.5 Å². The van der Waals surface area contributed by atoms with Crippen LogP contribution in [0.2, 0.25) is 0 Å². The van der Waals surface area contributed by atoms with E-state index in [1.54, 1.807) is 12.1 Å². The van der Waals surface area contributed by atoms with Crippen molar-refractivity contribution in [1.29, 1.82) is 0 Å². The minimum Gasteiger partial charge on any atom is -0.443 e. The highest BCUT2D eigenvalue weighted by Crippen LogP contribution is 2.22. The molecule has 80 valence electrons. The molecule has 1 saturated heterocycles. The van der Waals surface area contributed by atoms with Gasteiger partial charge in [-0.25, -0.2) is 9.18 Å². The third kappa shape index (κ3) is 2.12. The zero-order valence-electron chi connectivity index (χ0n) is 7.82. The normalized spacial score (nSPS) is 20.5. The minimum absolute atomic E-state index is 0.137. The first-order valence-electron chi connectivity index (χ1n) is 4.50. The Hall–Kier alpha value is -1.10. The van der Waals surface area contributed by atoms with Crippen LogP contribution in [0, 0.1) is 5.82 Å². The fourth-order valence-electron chi connectivity index (χ4n) is 1.43. The molecule has 0 spiro atoms. The van der Waals surface area contributed by atoms with Crippen molar-refractivity contribution < 1.29 is 13.9 Å². The smallest absolute Gasteiger partial charge is 0.414 e. The molecule has 5 heteroatoms. The Labute approximate surface area is 95.0 Å². The molecule has 1 atom stereocenters. The van der Waals surface area contributed by atoms with Crippen molar-refractivity contribution in [3.8, 4) is 0 Å². The van der Waals surface area contributed by atoms with Gasteiger partial charge in [-0.3, -0.25) is 4.90 Å². The SMILES string of the molecule is O=C1O[C@H](CBr)CN1c1ccc(F)cc1. The van der Waals surface area contributed by atoms with E-state index in [2.05, 4.69) is 15.9 Å². The molecule has 1 amide bonds. The number of rotatable bonds is 2. The average molecular weight is 274 g/mol. The third-order valence-corrected chi connectivity index (χ3v) is 2.91. The predicted molar refractivity (Wildman–Crippen MR) is 57.8 cm³/mol. The fraction of sp³-hybridized carbons (Fsp3) is 0.300. The quantitative estimate of drug-likeness (QED) is 0.776. The highest BCUT2D eigenvalue weighted by atomic mass is 79.9. The Bertz CT molecular complexity index is 368. The van der Waals surface area contributed by atoms with Crippen molar-refractivity contribution in [2.75, 3.05) is 16.8 Å². The summed E-state index contributed by atoms with van der Waals surface area (Å²) in [6, 6.07) is 5.77. The number of hydrogen-bond donors (Lipinski definition) is 0. The number of alkyl halides is 1. The fourth-order valence-corrected chi connectivity index (χ4v) is 1.77. The highest BCUT2D eigenvalue weighted by molar-refractivity contribution is 9.09. The molecule has 2 rings (SSSR count). The summed E-state index contributed by atoms with van der Waals surface area (Å²) in [7, 11) is 0. The number of ether oxygens (including phenoxy) is 1. The number of benzene rings is 1. The molecule has 0 aliphatic carbocycles. The Morgan fingerprint density at radius 3 is 2.67 bits per heavy atom. The molecule has 1 aliphatic heterocycles. The lowest BCUT2D eigenvalue weighted by atomic mass is 10.3. The number of carbonyl (C=O) groups is 1. The zero-order valence-corrected chi connectivity index (χ0v) is 9.41. The molecule has 0 N–H and O–H groups in total. The maximum Gasteiger partial charge on any atom is 0.414 e. The lowest BCUT2D eigenvalue weighted by molar-refractivity contribution is 0.152. The van der Waals surface area contributed by atoms with E-state index in [1.807, 2.05) is 0 Å². The molecule has 0 saturated carbocycles. The summed E-state index contributed by atoms with van der Waals surface area (Å²) in [5.74, 6) is -0.316. The molecule has 1 aromatic rings. The summed E-state index contributed by atoms with van der Waals surface area (Å²) in [5.41, 5.74) is 0.657. The van der Waals surface area contributed by atoms with E-state index in [4.69, 9.17) is 4.74 Å². The molecule has 0 unspecified atom stereocenters. The highest BCUT2D eigenvalue weighted by Gasteiger charge is 2.31. The Morgan fingerprint density at radius 1 is 1.47 bits per heavy atom. The van der Waals surface area contributed by atoms with Gasteiger partial charge in [-0.05, 0) is 24.3 Å². The maximum absolute atomic E-state index is 12.7. The van der Waals surface area contributed by atoms with E-state index in [9.17, 15) is 9.18 Å². The van der Waals surface area contributed by atoms with Gasteiger partial charge < -0.3 is 4.74 Å². The molecule has 1 fully saturated rings. The van der Waals surface area contributed by atoms with Crippen LogP contribution in [0.4, 0.5) is 14.9 Å². The second kappa shape index (κ2) is 4.18. The van der Waals surface area contributed by atoms with Gasteiger partial charge >= 0.3 is 6.09 Å². The van der Waals surface area contributed by atoms with Crippen molar-refractivity contribution in [3.63, 3.8) is 0 Å². The van der Waals surface area contributed by atoms with E-state index in [-0.39, 0.29) is 18.0 Å². The first kappa shape index (κ1) is 10.4. The van der Waals surface area contributed by atoms with E-state index in [0.717, 1.165) is 0 Å². The minimum atomic E-state index is -0.383. The number of nitrogens with zero attached hydrogens (tertiary/aromatic N) is 1. The molecule has 3 nitrogen and oxygen atoms in total. The van der Waals surface area contributed by atoms with Gasteiger partial charge in [-0.1, -0.05) is 15.9 Å². The Kier molecular flexibility index (Phi) is 2.90. The van der Waals surface area contributed by atoms with Crippen LogP contribution in [0.15, 0.2) is 24.3 Å². The van der Waals surface area contributed by atoms with E-state index < -0.39 is 0 Å². The van der Waals surface area contributed by atoms with Crippen LogP contribution in [0.5, 0.6) is 0 Å². The summed E-state index contributed by atoms with van der Waals surface area (Å²) in [6.07, 6.45) is -0.520. The van der Waals surface area contributed by atoms with Gasteiger partial charge in [0.2, 0.25) is 0 Å². The van der Waals surface area contributed by atoms with Crippen molar-refractivity contribution >= 4 is 27.7 Å². The van der Waals surface area contributed by atoms with Gasteiger partial charge in [0.05, 0.1) is 6.54 Å². The summed E-state index contributed by atoms with van der Waals surface area (Å²) < 4.78 is 17.7. The predicted octanol–water partition coefficient (Wildman–Crippen LogP) is 2.55. The second-order valence-corrected chi connectivity index (χ2v) is 3.89.